The Balaban J connectivity index is 4.35. The van der Waals surface area contributed by atoms with Crippen LogP contribution in [0.25, 0.3) is 0 Å². The summed E-state index contributed by atoms with van der Waals surface area (Å²) < 4.78 is 32.6. The number of carbonyl (C=O) groups is 2. The molecule has 0 bridgehead atoms. The zero-order chi connectivity index (χ0) is 38.2. The first kappa shape index (κ1) is 48.9. The van der Waals surface area contributed by atoms with E-state index in [1.165, 1.54) is 19.3 Å². The van der Waals surface area contributed by atoms with E-state index in [9.17, 15) is 19.0 Å². The smallest absolute Gasteiger partial charge is 0.462 e. The Morgan fingerprint density at radius 1 is 0.596 bits per heavy atom. The van der Waals surface area contributed by atoms with Crippen molar-refractivity contribution >= 4 is 19.8 Å². The van der Waals surface area contributed by atoms with Crippen LogP contribution in [0.15, 0.2) is 97.2 Å². The third kappa shape index (κ3) is 36.7. The molecule has 294 valence electrons. The number of hydrogen-bond donors (Lipinski definition) is 2. The zero-order valence-electron chi connectivity index (χ0n) is 32.0. The number of rotatable bonds is 34. The summed E-state index contributed by atoms with van der Waals surface area (Å²) in [6, 6.07) is 0. The van der Waals surface area contributed by atoms with Crippen molar-refractivity contribution in [3.63, 3.8) is 0 Å². The summed E-state index contributed by atoms with van der Waals surface area (Å²) in [4.78, 5) is 34.7. The molecule has 2 unspecified atom stereocenters. The highest BCUT2D eigenvalue weighted by molar-refractivity contribution is 7.47. The Hall–Kier alpha value is -3.07. The van der Waals surface area contributed by atoms with Gasteiger partial charge in [0.05, 0.1) is 13.2 Å². The van der Waals surface area contributed by atoms with Crippen LogP contribution < -0.4 is 5.73 Å². The summed E-state index contributed by atoms with van der Waals surface area (Å²) in [5.41, 5.74) is 5.33. The number of hydrogen-bond acceptors (Lipinski definition) is 8. The Morgan fingerprint density at radius 2 is 1.06 bits per heavy atom. The molecule has 0 aromatic heterocycles. The summed E-state index contributed by atoms with van der Waals surface area (Å²) in [6.07, 6.45) is 47.2. The molecule has 0 saturated heterocycles. The average molecular weight is 746 g/mol. The summed E-state index contributed by atoms with van der Waals surface area (Å²) in [5.74, 6) is -0.915. The Labute approximate surface area is 315 Å². The highest BCUT2D eigenvalue weighted by Gasteiger charge is 2.25. The minimum absolute atomic E-state index is 0.0368. The van der Waals surface area contributed by atoms with E-state index in [4.69, 9.17) is 24.3 Å². The SMILES string of the molecule is CC/C=C/C=C/C=C/C=C/CCCCCC(=O)OC(COC(=O)CCCCCCC/C=C/C=C/C=C/C=C/CCCCC)COP(=O)(O)OCCN. The van der Waals surface area contributed by atoms with Crippen molar-refractivity contribution in [1.29, 1.82) is 0 Å². The van der Waals surface area contributed by atoms with Gasteiger partial charge in [-0.15, -0.1) is 0 Å². The molecule has 0 rings (SSSR count). The van der Waals surface area contributed by atoms with E-state index < -0.39 is 32.5 Å². The molecule has 0 fully saturated rings. The number of esters is 2. The average Bonchev–Trinajstić information content (AvgIpc) is 3.13. The number of phosphoric ester groups is 1. The third-order valence-electron chi connectivity index (χ3n) is 7.39. The maximum absolute atomic E-state index is 12.5. The predicted octanol–water partition coefficient (Wildman–Crippen LogP) is 10.7. The third-order valence-corrected chi connectivity index (χ3v) is 8.38. The van der Waals surface area contributed by atoms with Gasteiger partial charge < -0.3 is 20.1 Å². The molecule has 0 heterocycles. The van der Waals surface area contributed by atoms with Gasteiger partial charge in [-0.05, 0) is 57.8 Å². The van der Waals surface area contributed by atoms with Crippen molar-refractivity contribution in [2.45, 2.75) is 129 Å². The van der Waals surface area contributed by atoms with Gasteiger partial charge in [0.2, 0.25) is 0 Å². The summed E-state index contributed by atoms with van der Waals surface area (Å²) in [5, 5.41) is 0. The van der Waals surface area contributed by atoms with Gasteiger partial charge in [0.1, 0.15) is 6.61 Å². The first-order chi connectivity index (χ1) is 25.3. The highest BCUT2D eigenvalue weighted by Crippen LogP contribution is 2.43. The molecule has 0 aromatic rings. The first-order valence-electron chi connectivity index (χ1n) is 19.3. The van der Waals surface area contributed by atoms with E-state index in [-0.39, 0.29) is 32.6 Å². The molecular weight excluding hydrogens is 677 g/mol. The van der Waals surface area contributed by atoms with Gasteiger partial charge >= 0.3 is 19.8 Å². The number of phosphoric acid groups is 1. The van der Waals surface area contributed by atoms with Gasteiger partial charge in [0.25, 0.3) is 0 Å². The van der Waals surface area contributed by atoms with Crippen LogP contribution in [0.2, 0.25) is 0 Å². The Morgan fingerprint density at radius 3 is 1.60 bits per heavy atom. The Bertz CT molecular complexity index is 1170. The molecule has 9 nitrogen and oxygen atoms in total. The van der Waals surface area contributed by atoms with Gasteiger partial charge in [-0.3, -0.25) is 18.6 Å². The summed E-state index contributed by atoms with van der Waals surface area (Å²) >= 11 is 0. The fraction of sp³-hybridized carbons (Fsp3) is 0.571. The largest absolute Gasteiger partial charge is 0.472 e. The van der Waals surface area contributed by atoms with Crippen molar-refractivity contribution in [1.82, 2.24) is 0 Å². The lowest BCUT2D eigenvalue weighted by Crippen LogP contribution is -2.29. The fourth-order valence-corrected chi connectivity index (χ4v) is 5.30. The van der Waals surface area contributed by atoms with E-state index in [0.29, 0.717) is 12.8 Å². The molecule has 0 aliphatic rings. The van der Waals surface area contributed by atoms with E-state index in [2.05, 4.69) is 56.4 Å². The standard InChI is InChI=1S/C42H68NO8P/c1-3-5-7-9-11-13-15-17-18-19-20-21-23-24-26-28-30-32-34-41(44)48-38-40(39-50-52(46,47)49-37-36-43)51-42(45)35-33-31-29-27-25-22-16-14-12-10-8-6-4-2/h6,8,10-22,25,40H,3-5,7,9,23-24,26-39,43H2,1-2H3,(H,46,47)/b8-6+,12-10+,13-11+,16-14+,17-15+,19-18+,21-20+,25-22+. The van der Waals surface area contributed by atoms with E-state index in [0.717, 1.165) is 64.2 Å². The van der Waals surface area contributed by atoms with Crippen molar-refractivity contribution in [2.75, 3.05) is 26.4 Å². The van der Waals surface area contributed by atoms with Crippen LogP contribution in [0.5, 0.6) is 0 Å². The maximum atomic E-state index is 12.5. The number of unbranched alkanes of at least 4 members (excludes halogenated alkanes) is 11. The molecule has 0 spiro atoms. The molecule has 0 aliphatic carbocycles. The lowest BCUT2D eigenvalue weighted by Gasteiger charge is -2.19. The lowest BCUT2D eigenvalue weighted by atomic mass is 10.1. The Kier molecular flexibility index (Phi) is 35.5. The number of nitrogens with two attached hydrogens (primary N) is 1. The van der Waals surface area contributed by atoms with Crippen molar-refractivity contribution in [2.24, 2.45) is 5.73 Å². The molecular formula is C42H68NO8P. The van der Waals surface area contributed by atoms with Gasteiger partial charge in [-0.1, -0.05) is 150 Å². The van der Waals surface area contributed by atoms with Crippen molar-refractivity contribution in [3.05, 3.63) is 97.2 Å². The first-order valence-corrected chi connectivity index (χ1v) is 20.8. The minimum atomic E-state index is -4.40. The minimum Gasteiger partial charge on any atom is -0.462 e. The molecule has 0 aromatic carbocycles. The number of allylic oxidation sites excluding steroid dienone is 16. The van der Waals surface area contributed by atoms with Crippen molar-refractivity contribution < 1.29 is 37.6 Å². The van der Waals surface area contributed by atoms with Crippen LogP contribution in [0.4, 0.5) is 0 Å². The molecule has 0 amide bonds. The van der Waals surface area contributed by atoms with E-state index in [1.807, 2.05) is 54.7 Å². The van der Waals surface area contributed by atoms with Crippen molar-refractivity contribution in [3.8, 4) is 0 Å². The maximum Gasteiger partial charge on any atom is 0.472 e. The van der Waals surface area contributed by atoms with Gasteiger partial charge in [-0.2, -0.15) is 0 Å². The lowest BCUT2D eigenvalue weighted by molar-refractivity contribution is -0.161. The summed E-state index contributed by atoms with van der Waals surface area (Å²) in [7, 11) is -4.40. The second-order valence-corrected chi connectivity index (χ2v) is 13.7. The van der Waals surface area contributed by atoms with E-state index >= 15 is 0 Å². The normalized spacial score (nSPS) is 14.5. The fourth-order valence-electron chi connectivity index (χ4n) is 4.54. The van der Waals surface area contributed by atoms with Gasteiger partial charge in [-0.25, -0.2) is 4.57 Å². The van der Waals surface area contributed by atoms with E-state index in [1.54, 1.807) is 0 Å². The van der Waals surface area contributed by atoms with Crippen LogP contribution in [-0.4, -0.2) is 49.3 Å². The predicted molar refractivity (Wildman–Crippen MR) is 215 cm³/mol. The second-order valence-electron chi connectivity index (χ2n) is 12.2. The van der Waals surface area contributed by atoms with Gasteiger partial charge in [0.15, 0.2) is 6.10 Å². The molecule has 0 radical (unpaired) electrons. The molecule has 52 heavy (non-hydrogen) atoms. The van der Waals surface area contributed by atoms with Crippen LogP contribution >= 0.6 is 7.82 Å². The quantitative estimate of drug-likeness (QED) is 0.0286. The summed E-state index contributed by atoms with van der Waals surface area (Å²) in [6.45, 7) is 3.43. The zero-order valence-corrected chi connectivity index (χ0v) is 32.9. The highest BCUT2D eigenvalue weighted by atomic mass is 31.2. The van der Waals surface area contributed by atoms with Crippen LogP contribution in [-0.2, 0) is 32.7 Å². The molecule has 3 N–H and O–H groups in total. The molecule has 0 aliphatic heterocycles. The second kappa shape index (κ2) is 37.7. The molecule has 2 atom stereocenters. The molecule has 10 heteroatoms. The number of carbonyl (C=O) groups excluding carboxylic acids is 2. The van der Waals surface area contributed by atoms with Gasteiger partial charge in [0, 0.05) is 19.4 Å². The molecule has 0 saturated carbocycles. The van der Waals surface area contributed by atoms with Crippen LogP contribution in [0.3, 0.4) is 0 Å². The topological polar surface area (TPSA) is 134 Å². The monoisotopic (exact) mass is 745 g/mol. The van der Waals surface area contributed by atoms with Crippen LogP contribution in [0.1, 0.15) is 123 Å². The van der Waals surface area contributed by atoms with Crippen LogP contribution in [0, 0.1) is 0 Å². The number of ether oxygens (including phenoxy) is 2.